The normalized spacial score (nSPS) is 15.2. The highest BCUT2D eigenvalue weighted by Crippen LogP contribution is 2.25. The minimum atomic E-state index is -0.848. The number of carbonyl (C=O) groups excluding carboxylic acids is 1. The third-order valence-electron chi connectivity index (χ3n) is 3.71. The summed E-state index contributed by atoms with van der Waals surface area (Å²) in [5.41, 5.74) is 7.66. The highest BCUT2D eigenvalue weighted by molar-refractivity contribution is 6.29. The minimum Gasteiger partial charge on any atom is -0.410 e. The molecular formula is C17H18ClN3O3. The number of ether oxygens (including phenoxy) is 2. The van der Waals surface area contributed by atoms with Crippen LogP contribution in [0.15, 0.2) is 36.4 Å². The van der Waals surface area contributed by atoms with Gasteiger partial charge in [0.05, 0.1) is 18.9 Å². The van der Waals surface area contributed by atoms with E-state index in [1.165, 1.54) is 0 Å². The quantitative estimate of drug-likeness (QED) is 0.860. The Balaban J connectivity index is 1.84. The van der Waals surface area contributed by atoms with Gasteiger partial charge in [0.25, 0.3) is 0 Å². The third kappa shape index (κ3) is 4.44. The molecule has 1 aliphatic rings. The van der Waals surface area contributed by atoms with E-state index in [2.05, 4.69) is 9.88 Å². The number of benzene rings is 1. The molecule has 0 saturated carbocycles. The van der Waals surface area contributed by atoms with Gasteiger partial charge in [-0.05, 0) is 29.8 Å². The molecule has 1 fully saturated rings. The summed E-state index contributed by atoms with van der Waals surface area (Å²) < 4.78 is 10.3. The maximum Gasteiger partial charge on any atom is 0.409 e. The van der Waals surface area contributed by atoms with E-state index in [4.69, 9.17) is 26.8 Å². The minimum absolute atomic E-state index is 0.372. The van der Waals surface area contributed by atoms with Crippen LogP contribution in [0.3, 0.4) is 0 Å². The molecule has 3 rings (SSSR count). The van der Waals surface area contributed by atoms with Crippen LogP contribution in [0, 0.1) is 0 Å². The van der Waals surface area contributed by atoms with Crippen molar-refractivity contribution >= 4 is 17.7 Å². The van der Waals surface area contributed by atoms with E-state index in [0.717, 1.165) is 49.7 Å². The Hall–Kier alpha value is -2.15. The molecule has 1 aromatic carbocycles. The van der Waals surface area contributed by atoms with Gasteiger partial charge >= 0.3 is 6.09 Å². The monoisotopic (exact) mass is 347 g/mol. The lowest BCUT2D eigenvalue weighted by atomic mass is 10.1. The van der Waals surface area contributed by atoms with E-state index in [1.54, 1.807) is 18.2 Å². The van der Waals surface area contributed by atoms with Crippen LogP contribution in [-0.4, -0.2) is 42.3 Å². The van der Waals surface area contributed by atoms with Gasteiger partial charge in [0.1, 0.15) is 10.9 Å². The number of amides is 1. The van der Waals surface area contributed by atoms with Crippen LogP contribution in [0.4, 0.5) is 4.79 Å². The molecule has 0 bridgehead atoms. The van der Waals surface area contributed by atoms with Crippen molar-refractivity contribution in [1.82, 2.24) is 9.88 Å². The topological polar surface area (TPSA) is 77.7 Å². The van der Waals surface area contributed by atoms with Crippen molar-refractivity contribution in [2.75, 3.05) is 26.3 Å². The lowest BCUT2D eigenvalue weighted by Crippen LogP contribution is -2.35. The van der Waals surface area contributed by atoms with Crippen molar-refractivity contribution in [3.8, 4) is 17.0 Å². The number of hydrogen-bond donors (Lipinski definition) is 1. The molecule has 2 heterocycles. The first-order valence-electron chi connectivity index (χ1n) is 7.64. The van der Waals surface area contributed by atoms with Gasteiger partial charge in [-0.3, -0.25) is 4.90 Å². The molecule has 6 nitrogen and oxygen atoms in total. The number of morpholine rings is 1. The number of nitrogens with two attached hydrogens (primary N) is 1. The second-order valence-electron chi connectivity index (χ2n) is 5.52. The molecule has 1 saturated heterocycles. The van der Waals surface area contributed by atoms with Gasteiger partial charge in [-0.1, -0.05) is 23.7 Å². The Labute approximate surface area is 145 Å². The van der Waals surface area contributed by atoms with Crippen LogP contribution in [0.25, 0.3) is 11.3 Å². The molecule has 0 aliphatic carbocycles. The van der Waals surface area contributed by atoms with Crippen molar-refractivity contribution in [1.29, 1.82) is 0 Å². The summed E-state index contributed by atoms with van der Waals surface area (Å²) in [6.45, 7) is 4.08. The van der Waals surface area contributed by atoms with Gasteiger partial charge < -0.3 is 15.2 Å². The Morgan fingerprint density at radius 3 is 2.83 bits per heavy atom. The molecule has 24 heavy (non-hydrogen) atoms. The average Bonchev–Trinajstić information content (AvgIpc) is 2.55. The Kier molecular flexibility index (Phi) is 5.30. The molecule has 0 radical (unpaired) electrons. The number of nitrogens with zero attached hydrogens (tertiary/aromatic N) is 2. The second-order valence-corrected chi connectivity index (χ2v) is 5.91. The number of primary amides is 1. The lowest BCUT2D eigenvalue weighted by Gasteiger charge is -2.26. The summed E-state index contributed by atoms with van der Waals surface area (Å²) in [7, 11) is 0. The fourth-order valence-corrected chi connectivity index (χ4v) is 2.87. The third-order valence-corrected chi connectivity index (χ3v) is 3.91. The predicted molar refractivity (Wildman–Crippen MR) is 91.0 cm³/mol. The van der Waals surface area contributed by atoms with E-state index in [0.29, 0.717) is 10.9 Å². The van der Waals surface area contributed by atoms with E-state index < -0.39 is 6.09 Å². The molecule has 0 spiro atoms. The van der Waals surface area contributed by atoms with Gasteiger partial charge in [-0.25, -0.2) is 9.78 Å². The van der Waals surface area contributed by atoms with Crippen LogP contribution in [0.5, 0.6) is 5.75 Å². The van der Waals surface area contributed by atoms with E-state index in [9.17, 15) is 4.79 Å². The van der Waals surface area contributed by atoms with Crippen molar-refractivity contribution in [3.05, 3.63) is 47.1 Å². The number of hydrogen-bond acceptors (Lipinski definition) is 5. The Morgan fingerprint density at radius 1 is 1.29 bits per heavy atom. The molecule has 2 aromatic rings. The maximum atomic E-state index is 10.9. The summed E-state index contributed by atoms with van der Waals surface area (Å²) in [5.74, 6) is 0.372. The molecule has 1 amide bonds. The van der Waals surface area contributed by atoms with Gasteiger partial charge in [-0.2, -0.15) is 0 Å². The summed E-state index contributed by atoms with van der Waals surface area (Å²) >= 11 is 6.18. The first-order valence-corrected chi connectivity index (χ1v) is 8.02. The second kappa shape index (κ2) is 7.61. The van der Waals surface area contributed by atoms with E-state index >= 15 is 0 Å². The number of aromatic nitrogens is 1. The van der Waals surface area contributed by atoms with E-state index in [1.807, 2.05) is 18.2 Å². The molecule has 1 aliphatic heterocycles. The van der Waals surface area contributed by atoms with Crippen LogP contribution in [-0.2, 0) is 11.3 Å². The number of halogens is 1. The largest absolute Gasteiger partial charge is 0.410 e. The van der Waals surface area contributed by atoms with Gasteiger partial charge in [-0.15, -0.1) is 0 Å². The first-order chi connectivity index (χ1) is 11.6. The zero-order valence-corrected chi connectivity index (χ0v) is 13.8. The molecule has 126 valence electrons. The summed E-state index contributed by atoms with van der Waals surface area (Å²) in [6.07, 6.45) is -0.848. The summed E-state index contributed by atoms with van der Waals surface area (Å²) in [4.78, 5) is 17.6. The zero-order chi connectivity index (χ0) is 16.9. The van der Waals surface area contributed by atoms with Crippen molar-refractivity contribution in [3.63, 3.8) is 0 Å². The maximum absolute atomic E-state index is 10.9. The molecule has 0 atom stereocenters. The Bertz CT molecular complexity index is 733. The van der Waals surface area contributed by atoms with Gasteiger partial charge in [0, 0.05) is 25.2 Å². The fraction of sp³-hybridized carbons (Fsp3) is 0.294. The molecule has 2 N–H and O–H groups in total. The lowest BCUT2D eigenvalue weighted by molar-refractivity contribution is 0.0342. The average molecular weight is 348 g/mol. The van der Waals surface area contributed by atoms with Crippen LogP contribution >= 0.6 is 11.6 Å². The SMILES string of the molecule is NC(=O)Oc1cccc(-c2cc(CN3CCOCC3)cc(Cl)n2)c1. The molecule has 1 aromatic heterocycles. The van der Waals surface area contributed by atoms with Gasteiger partial charge in [0.2, 0.25) is 0 Å². The van der Waals surface area contributed by atoms with Crippen molar-refractivity contribution in [2.45, 2.75) is 6.54 Å². The smallest absolute Gasteiger partial charge is 0.409 e. The molecule has 0 unspecified atom stereocenters. The Morgan fingerprint density at radius 2 is 2.08 bits per heavy atom. The van der Waals surface area contributed by atoms with Crippen LogP contribution < -0.4 is 10.5 Å². The van der Waals surface area contributed by atoms with Gasteiger partial charge in [0.15, 0.2) is 0 Å². The van der Waals surface area contributed by atoms with Crippen LogP contribution in [0.2, 0.25) is 5.15 Å². The van der Waals surface area contributed by atoms with E-state index in [-0.39, 0.29) is 0 Å². The fourth-order valence-electron chi connectivity index (χ4n) is 2.64. The molecular weight excluding hydrogens is 330 g/mol. The first kappa shape index (κ1) is 16.7. The predicted octanol–water partition coefficient (Wildman–Crippen LogP) is 2.69. The number of carbonyl (C=O) groups is 1. The van der Waals surface area contributed by atoms with Crippen molar-refractivity contribution < 1.29 is 14.3 Å². The molecule has 7 heteroatoms. The number of pyridine rings is 1. The highest BCUT2D eigenvalue weighted by Gasteiger charge is 2.13. The van der Waals surface area contributed by atoms with Crippen LogP contribution in [0.1, 0.15) is 5.56 Å². The summed E-state index contributed by atoms with van der Waals surface area (Å²) in [6, 6.07) is 10.9. The van der Waals surface area contributed by atoms with Crippen molar-refractivity contribution in [2.24, 2.45) is 5.73 Å². The highest BCUT2D eigenvalue weighted by atomic mass is 35.5. The standard InChI is InChI=1S/C17H18ClN3O3/c18-16-9-12(11-21-4-6-23-7-5-21)8-15(20-16)13-2-1-3-14(10-13)24-17(19)22/h1-3,8-10H,4-7,11H2,(H2,19,22). The summed E-state index contributed by atoms with van der Waals surface area (Å²) in [5, 5.41) is 0.428. The zero-order valence-electron chi connectivity index (χ0n) is 13.1. The number of rotatable bonds is 4.